The Kier molecular flexibility index (Phi) is 4.64. The molecule has 18 heavy (non-hydrogen) atoms. The van der Waals surface area contributed by atoms with Crippen LogP contribution in [-0.2, 0) is 13.0 Å². The van der Waals surface area contributed by atoms with Crippen LogP contribution in [0.25, 0.3) is 0 Å². The van der Waals surface area contributed by atoms with E-state index in [1.807, 2.05) is 6.20 Å². The summed E-state index contributed by atoms with van der Waals surface area (Å²) in [4.78, 5) is 0. The topological polar surface area (TPSA) is 39.1 Å². The quantitative estimate of drug-likeness (QED) is 0.872. The Bertz CT molecular complexity index is 367. The fourth-order valence-electron chi connectivity index (χ4n) is 2.64. The monoisotopic (exact) mass is 251 g/mol. The minimum Gasteiger partial charge on any atom is -0.493 e. The Labute approximate surface area is 110 Å². The number of aryl methyl sites for hydroxylation is 1. The highest BCUT2D eigenvalue weighted by Crippen LogP contribution is 2.23. The van der Waals surface area contributed by atoms with Crippen molar-refractivity contribution in [1.82, 2.24) is 15.1 Å². The molecule has 0 aromatic carbocycles. The van der Waals surface area contributed by atoms with Gasteiger partial charge in [0.1, 0.15) is 0 Å². The van der Waals surface area contributed by atoms with Gasteiger partial charge in [0.2, 0.25) is 0 Å². The molecule has 1 aromatic heterocycles. The highest BCUT2D eigenvalue weighted by atomic mass is 16.5. The van der Waals surface area contributed by atoms with Gasteiger partial charge in [-0.05, 0) is 31.7 Å². The van der Waals surface area contributed by atoms with E-state index in [9.17, 15) is 0 Å². The van der Waals surface area contributed by atoms with Gasteiger partial charge in [-0.15, -0.1) is 0 Å². The number of hydrogen-bond donors (Lipinski definition) is 1. The third-order valence-electron chi connectivity index (χ3n) is 3.77. The van der Waals surface area contributed by atoms with Crippen molar-refractivity contribution in [2.75, 3.05) is 13.7 Å². The first-order chi connectivity index (χ1) is 8.74. The average molecular weight is 251 g/mol. The van der Waals surface area contributed by atoms with Gasteiger partial charge in [0.25, 0.3) is 0 Å². The summed E-state index contributed by atoms with van der Waals surface area (Å²) in [6.45, 7) is 6.60. The van der Waals surface area contributed by atoms with Crippen molar-refractivity contribution in [3.05, 3.63) is 11.9 Å². The van der Waals surface area contributed by atoms with Crippen LogP contribution in [0.5, 0.6) is 5.75 Å². The molecule has 0 radical (unpaired) electrons. The van der Waals surface area contributed by atoms with E-state index in [1.165, 1.54) is 18.5 Å². The molecule has 2 rings (SSSR count). The van der Waals surface area contributed by atoms with Gasteiger partial charge in [0.05, 0.1) is 19.0 Å². The summed E-state index contributed by atoms with van der Waals surface area (Å²) in [6, 6.07) is 0.572. The summed E-state index contributed by atoms with van der Waals surface area (Å²) in [7, 11) is 1.73. The first kappa shape index (κ1) is 13.4. The van der Waals surface area contributed by atoms with Gasteiger partial charge in [-0.25, -0.2) is 0 Å². The molecule has 1 fully saturated rings. The van der Waals surface area contributed by atoms with Crippen LogP contribution >= 0.6 is 0 Å². The summed E-state index contributed by atoms with van der Waals surface area (Å²) in [5, 5.41) is 8.05. The number of methoxy groups -OCH3 is 1. The van der Waals surface area contributed by atoms with E-state index >= 15 is 0 Å². The molecular formula is C14H25N3O. The maximum Gasteiger partial charge on any atom is 0.159 e. The van der Waals surface area contributed by atoms with Crippen molar-refractivity contribution in [3.63, 3.8) is 0 Å². The molecule has 1 aliphatic rings. The molecule has 4 nitrogen and oxygen atoms in total. The zero-order valence-corrected chi connectivity index (χ0v) is 11.8. The van der Waals surface area contributed by atoms with Gasteiger partial charge in [-0.2, -0.15) is 5.10 Å². The number of aromatic nitrogens is 2. The minimum atomic E-state index is 0.572. The maximum absolute atomic E-state index is 5.42. The van der Waals surface area contributed by atoms with Gasteiger partial charge in [-0.3, -0.25) is 4.68 Å². The minimum absolute atomic E-state index is 0.572. The zero-order chi connectivity index (χ0) is 13.0. The van der Waals surface area contributed by atoms with E-state index < -0.39 is 0 Å². The number of hydrogen-bond acceptors (Lipinski definition) is 3. The zero-order valence-electron chi connectivity index (χ0n) is 11.8. The van der Waals surface area contributed by atoms with Gasteiger partial charge < -0.3 is 10.1 Å². The van der Waals surface area contributed by atoms with Crippen molar-refractivity contribution >= 4 is 0 Å². The first-order valence-electron chi connectivity index (χ1n) is 7.06. The second kappa shape index (κ2) is 6.23. The molecule has 0 bridgehead atoms. The molecule has 1 aliphatic heterocycles. The molecule has 0 spiro atoms. The van der Waals surface area contributed by atoms with Crippen LogP contribution in [-0.4, -0.2) is 29.5 Å². The molecule has 0 saturated carbocycles. The number of piperidine rings is 1. The van der Waals surface area contributed by atoms with E-state index in [0.29, 0.717) is 6.04 Å². The summed E-state index contributed by atoms with van der Waals surface area (Å²) in [6.07, 6.45) is 6.54. The number of ether oxygens (including phenoxy) is 1. The second-order valence-electron chi connectivity index (χ2n) is 5.37. The Morgan fingerprint density at radius 3 is 2.94 bits per heavy atom. The van der Waals surface area contributed by atoms with Crippen LogP contribution < -0.4 is 10.1 Å². The van der Waals surface area contributed by atoms with Gasteiger partial charge >= 0.3 is 0 Å². The summed E-state index contributed by atoms with van der Waals surface area (Å²) >= 11 is 0. The Hall–Kier alpha value is -1.03. The normalized spacial score (nSPS) is 24.2. The highest BCUT2D eigenvalue weighted by molar-refractivity contribution is 5.26. The van der Waals surface area contributed by atoms with E-state index in [0.717, 1.165) is 37.6 Å². The predicted molar refractivity (Wildman–Crippen MR) is 73.0 cm³/mol. The van der Waals surface area contributed by atoms with Crippen LogP contribution in [0.4, 0.5) is 0 Å². The molecule has 1 N–H and O–H groups in total. The van der Waals surface area contributed by atoms with E-state index in [4.69, 9.17) is 4.74 Å². The lowest BCUT2D eigenvalue weighted by Gasteiger charge is -2.28. The number of rotatable bonds is 5. The average Bonchev–Trinajstić information content (AvgIpc) is 2.75. The molecule has 2 heterocycles. The predicted octanol–water partition coefficient (Wildman–Crippen LogP) is 2.23. The van der Waals surface area contributed by atoms with Gasteiger partial charge in [0, 0.05) is 19.0 Å². The lowest BCUT2D eigenvalue weighted by molar-refractivity contribution is 0.317. The fourth-order valence-corrected chi connectivity index (χ4v) is 2.64. The molecule has 1 saturated heterocycles. The van der Waals surface area contributed by atoms with Gasteiger partial charge in [-0.1, -0.05) is 13.8 Å². The number of nitrogens with one attached hydrogen (secondary N) is 1. The van der Waals surface area contributed by atoms with E-state index in [-0.39, 0.29) is 0 Å². The van der Waals surface area contributed by atoms with Crippen molar-refractivity contribution in [2.24, 2.45) is 5.92 Å². The molecule has 0 aliphatic carbocycles. The smallest absolute Gasteiger partial charge is 0.159 e. The summed E-state index contributed by atoms with van der Waals surface area (Å²) < 4.78 is 7.52. The highest BCUT2D eigenvalue weighted by Gasteiger charge is 2.21. The maximum atomic E-state index is 5.42. The third kappa shape index (κ3) is 3.05. The molecule has 4 heteroatoms. The lowest BCUT2D eigenvalue weighted by atomic mass is 9.94. The van der Waals surface area contributed by atoms with Gasteiger partial charge in [0.15, 0.2) is 5.75 Å². The molecule has 102 valence electrons. The molecule has 0 amide bonds. The fraction of sp³-hybridized carbons (Fsp3) is 0.786. The molecule has 2 atom stereocenters. The molecule has 1 aromatic rings. The van der Waals surface area contributed by atoms with E-state index in [1.54, 1.807) is 7.11 Å². The van der Waals surface area contributed by atoms with Crippen molar-refractivity contribution in [1.29, 1.82) is 0 Å². The van der Waals surface area contributed by atoms with Crippen LogP contribution in [0.1, 0.15) is 38.8 Å². The van der Waals surface area contributed by atoms with Crippen molar-refractivity contribution in [2.45, 2.75) is 52.1 Å². The standard InChI is InChI=1S/C14H25N3O/c1-4-7-17-13(14(18-3)10-16-17)8-12-6-5-11(2)9-15-12/h10-12,15H,4-9H2,1-3H3. The Morgan fingerprint density at radius 1 is 1.50 bits per heavy atom. The summed E-state index contributed by atoms with van der Waals surface area (Å²) in [5.41, 5.74) is 1.24. The van der Waals surface area contributed by atoms with Crippen molar-refractivity contribution < 1.29 is 4.74 Å². The Balaban J connectivity index is 2.04. The molecular weight excluding hydrogens is 226 g/mol. The van der Waals surface area contributed by atoms with Crippen molar-refractivity contribution in [3.8, 4) is 5.75 Å². The van der Waals surface area contributed by atoms with Crippen LogP contribution in [0.15, 0.2) is 6.20 Å². The van der Waals surface area contributed by atoms with Crippen LogP contribution in [0.2, 0.25) is 0 Å². The number of nitrogens with zero attached hydrogens (tertiary/aromatic N) is 2. The van der Waals surface area contributed by atoms with E-state index in [2.05, 4.69) is 28.9 Å². The Morgan fingerprint density at radius 2 is 2.33 bits per heavy atom. The summed E-state index contributed by atoms with van der Waals surface area (Å²) in [5.74, 6) is 1.74. The van der Waals surface area contributed by atoms with Crippen LogP contribution in [0.3, 0.4) is 0 Å². The molecule has 2 unspecified atom stereocenters. The second-order valence-corrected chi connectivity index (χ2v) is 5.37. The SMILES string of the molecule is CCCn1ncc(OC)c1CC1CCC(C)CN1. The van der Waals surface area contributed by atoms with Crippen LogP contribution in [0, 0.1) is 5.92 Å². The largest absolute Gasteiger partial charge is 0.493 e. The third-order valence-corrected chi connectivity index (χ3v) is 3.77. The first-order valence-corrected chi connectivity index (χ1v) is 7.06. The lowest BCUT2D eigenvalue weighted by Crippen LogP contribution is -2.39.